The number of hydrogen-bond donors (Lipinski definition) is 1. The predicted octanol–water partition coefficient (Wildman–Crippen LogP) is 2.05. The van der Waals surface area contributed by atoms with Gasteiger partial charge in [0.2, 0.25) is 0 Å². The molecule has 2 rings (SSSR count). The molecule has 1 N–H and O–H groups in total. The minimum atomic E-state index is -0.540. The molecule has 6 heteroatoms. The highest BCUT2D eigenvalue weighted by molar-refractivity contribution is 9.10. The molecule has 0 atom stereocenters. The number of benzene rings is 1. The van der Waals surface area contributed by atoms with Gasteiger partial charge in [-0.1, -0.05) is 22.9 Å². The van der Waals surface area contributed by atoms with E-state index >= 15 is 0 Å². The van der Waals surface area contributed by atoms with E-state index < -0.39 is 11.2 Å². The van der Waals surface area contributed by atoms with E-state index in [9.17, 15) is 14.0 Å². The summed E-state index contributed by atoms with van der Waals surface area (Å²) in [4.78, 5) is 25.4. The molecule has 0 spiro atoms. The van der Waals surface area contributed by atoms with Crippen molar-refractivity contribution in [2.24, 2.45) is 0 Å². The average molecular weight is 327 g/mol. The molecule has 2 aromatic rings. The molecule has 1 aromatic carbocycles. The number of H-pyrrole nitrogens is 1. The number of aromatic nitrogens is 2. The number of halogens is 2. The van der Waals surface area contributed by atoms with Crippen molar-refractivity contribution in [2.75, 3.05) is 0 Å². The second kappa shape index (κ2) is 5.52. The molecular formula is C13H12BrFN2O2. The van der Waals surface area contributed by atoms with Crippen LogP contribution >= 0.6 is 15.9 Å². The van der Waals surface area contributed by atoms with Gasteiger partial charge in [0.1, 0.15) is 5.82 Å². The zero-order valence-electron chi connectivity index (χ0n) is 10.2. The zero-order valence-corrected chi connectivity index (χ0v) is 11.8. The van der Waals surface area contributed by atoms with Crippen molar-refractivity contribution in [1.29, 1.82) is 0 Å². The molecule has 0 aliphatic heterocycles. The second-order valence-electron chi connectivity index (χ2n) is 4.13. The summed E-state index contributed by atoms with van der Waals surface area (Å²) in [5.74, 6) is -0.389. The second-order valence-corrected chi connectivity index (χ2v) is 5.05. The molecule has 0 bridgehead atoms. The van der Waals surface area contributed by atoms with Crippen LogP contribution in [0.25, 0.3) is 0 Å². The van der Waals surface area contributed by atoms with Gasteiger partial charge in [0.15, 0.2) is 0 Å². The van der Waals surface area contributed by atoms with Crippen molar-refractivity contribution >= 4 is 15.9 Å². The molecule has 1 heterocycles. The van der Waals surface area contributed by atoms with Gasteiger partial charge in [-0.3, -0.25) is 14.3 Å². The molecule has 0 saturated carbocycles. The number of aromatic amines is 1. The Morgan fingerprint density at radius 2 is 2.05 bits per heavy atom. The number of rotatable bonds is 3. The molecule has 0 amide bonds. The fraction of sp³-hybridized carbons (Fsp3) is 0.231. The van der Waals surface area contributed by atoms with E-state index in [1.54, 1.807) is 12.1 Å². The maximum atomic E-state index is 13.6. The van der Waals surface area contributed by atoms with Gasteiger partial charge in [-0.05, 0) is 24.6 Å². The third-order valence-electron chi connectivity index (χ3n) is 2.81. The van der Waals surface area contributed by atoms with Gasteiger partial charge in [0.25, 0.3) is 5.56 Å². The molecule has 0 aliphatic carbocycles. The zero-order chi connectivity index (χ0) is 14.0. The SMILES string of the molecule is CCc1cn(Cc2cc(Br)ccc2F)c(=O)[nH]c1=O. The summed E-state index contributed by atoms with van der Waals surface area (Å²) in [6.45, 7) is 1.90. The molecular weight excluding hydrogens is 315 g/mol. The average Bonchev–Trinajstić information content (AvgIpc) is 2.37. The van der Waals surface area contributed by atoms with E-state index in [4.69, 9.17) is 0 Å². The first kappa shape index (κ1) is 13.7. The Kier molecular flexibility index (Phi) is 3.99. The topological polar surface area (TPSA) is 54.9 Å². The largest absolute Gasteiger partial charge is 0.328 e. The van der Waals surface area contributed by atoms with E-state index in [0.29, 0.717) is 17.5 Å². The maximum absolute atomic E-state index is 13.6. The standard InChI is InChI=1S/C13H12BrFN2O2/c1-2-8-6-17(13(19)16-12(8)18)7-9-5-10(14)3-4-11(9)15/h3-6H,2,7H2,1H3,(H,16,18,19). The third kappa shape index (κ3) is 3.01. The van der Waals surface area contributed by atoms with Gasteiger partial charge in [-0.2, -0.15) is 0 Å². The highest BCUT2D eigenvalue weighted by atomic mass is 79.9. The minimum Gasteiger partial charge on any atom is -0.296 e. The molecule has 100 valence electrons. The van der Waals surface area contributed by atoms with E-state index in [2.05, 4.69) is 20.9 Å². The Labute approximate surface area is 117 Å². The van der Waals surface area contributed by atoms with Crippen LogP contribution < -0.4 is 11.2 Å². The number of hydrogen-bond acceptors (Lipinski definition) is 2. The van der Waals surface area contributed by atoms with E-state index in [0.717, 1.165) is 4.47 Å². The third-order valence-corrected chi connectivity index (χ3v) is 3.31. The first-order chi connectivity index (χ1) is 9.01. The normalized spacial score (nSPS) is 10.7. The summed E-state index contributed by atoms with van der Waals surface area (Å²) in [5, 5.41) is 0. The summed E-state index contributed by atoms with van der Waals surface area (Å²) >= 11 is 3.26. The van der Waals surface area contributed by atoms with Crippen LogP contribution in [0.1, 0.15) is 18.1 Å². The Balaban J connectivity index is 2.46. The fourth-order valence-corrected chi connectivity index (χ4v) is 2.18. The van der Waals surface area contributed by atoms with Crippen molar-refractivity contribution in [2.45, 2.75) is 19.9 Å². The first-order valence-corrected chi connectivity index (χ1v) is 6.57. The Bertz CT molecular complexity index is 721. The van der Waals surface area contributed by atoms with E-state index in [1.165, 1.54) is 16.8 Å². The van der Waals surface area contributed by atoms with E-state index in [1.807, 2.05) is 6.92 Å². The van der Waals surface area contributed by atoms with Crippen LogP contribution in [0.15, 0.2) is 38.5 Å². The smallest absolute Gasteiger partial charge is 0.296 e. The van der Waals surface area contributed by atoms with Crippen molar-refractivity contribution in [1.82, 2.24) is 9.55 Å². The quantitative estimate of drug-likeness (QED) is 0.938. The van der Waals surface area contributed by atoms with Gasteiger partial charge in [0.05, 0.1) is 6.54 Å². The number of nitrogens with one attached hydrogen (secondary N) is 1. The van der Waals surface area contributed by atoms with Crippen molar-refractivity contribution in [3.05, 3.63) is 66.7 Å². The van der Waals surface area contributed by atoms with Crippen molar-refractivity contribution in [3.63, 3.8) is 0 Å². The van der Waals surface area contributed by atoms with Crippen LogP contribution in [0, 0.1) is 5.82 Å². The van der Waals surface area contributed by atoms with Crippen LogP contribution in [0.3, 0.4) is 0 Å². The minimum absolute atomic E-state index is 0.0773. The highest BCUT2D eigenvalue weighted by Gasteiger charge is 2.07. The predicted molar refractivity (Wildman–Crippen MR) is 73.9 cm³/mol. The number of nitrogens with zero attached hydrogens (tertiary/aromatic N) is 1. The summed E-state index contributed by atoms with van der Waals surface area (Å²) < 4.78 is 15.7. The first-order valence-electron chi connectivity index (χ1n) is 5.78. The fourth-order valence-electron chi connectivity index (χ4n) is 1.77. The summed E-state index contributed by atoms with van der Waals surface area (Å²) in [6.07, 6.45) is 1.98. The lowest BCUT2D eigenvalue weighted by atomic mass is 10.2. The van der Waals surface area contributed by atoms with Gasteiger partial charge < -0.3 is 0 Å². The van der Waals surface area contributed by atoms with Crippen molar-refractivity contribution < 1.29 is 4.39 Å². The van der Waals surface area contributed by atoms with Crippen molar-refractivity contribution in [3.8, 4) is 0 Å². The molecule has 4 nitrogen and oxygen atoms in total. The van der Waals surface area contributed by atoms with Crippen LogP contribution in [-0.4, -0.2) is 9.55 Å². The molecule has 0 fully saturated rings. The lowest BCUT2D eigenvalue weighted by Gasteiger charge is -2.08. The maximum Gasteiger partial charge on any atom is 0.328 e. The lowest BCUT2D eigenvalue weighted by Crippen LogP contribution is -2.32. The molecule has 1 aromatic heterocycles. The van der Waals surface area contributed by atoms with Crippen LogP contribution in [-0.2, 0) is 13.0 Å². The van der Waals surface area contributed by atoms with Gasteiger partial charge in [0, 0.05) is 21.8 Å². The molecule has 19 heavy (non-hydrogen) atoms. The molecule has 0 radical (unpaired) electrons. The number of aryl methyl sites for hydroxylation is 1. The Morgan fingerprint density at radius 3 is 2.74 bits per heavy atom. The highest BCUT2D eigenvalue weighted by Crippen LogP contribution is 2.16. The summed E-state index contributed by atoms with van der Waals surface area (Å²) in [6, 6.07) is 4.53. The van der Waals surface area contributed by atoms with Gasteiger partial charge >= 0.3 is 5.69 Å². The molecule has 0 unspecified atom stereocenters. The monoisotopic (exact) mass is 326 g/mol. The van der Waals surface area contributed by atoms with Crippen LogP contribution in [0.4, 0.5) is 4.39 Å². The molecule has 0 saturated heterocycles. The Morgan fingerprint density at radius 1 is 1.32 bits per heavy atom. The van der Waals surface area contributed by atoms with Crippen LogP contribution in [0.2, 0.25) is 0 Å². The van der Waals surface area contributed by atoms with Gasteiger partial charge in [-0.15, -0.1) is 0 Å². The Hall–Kier alpha value is -1.69. The van der Waals surface area contributed by atoms with Crippen LogP contribution in [0.5, 0.6) is 0 Å². The summed E-state index contributed by atoms with van der Waals surface area (Å²) in [7, 11) is 0. The lowest BCUT2D eigenvalue weighted by molar-refractivity contribution is 0.591. The van der Waals surface area contributed by atoms with Gasteiger partial charge in [-0.25, -0.2) is 9.18 Å². The molecule has 0 aliphatic rings. The van der Waals surface area contributed by atoms with E-state index in [-0.39, 0.29) is 12.4 Å². The summed E-state index contributed by atoms with van der Waals surface area (Å²) in [5.41, 5.74) is -0.0550.